The van der Waals surface area contributed by atoms with Crippen LogP contribution < -0.4 is 5.32 Å². The van der Waals surface area contributed by atoms with Crippen LogP contribution in [-0.4, -0.2) is 24.1 Å². The maximum Gasteiger partial charge on any atom is 0.0186 e. The lowest BCUT2D eigenvalue weighted by Crippen LogP contribution is -2.40. The molecule has 0 saturated heterocycles. The van der Waals surface area contributed by atoms with Crippen molar-refractivity contribution >= 4 is 11.8 Å². The molecule has 1 aliphatic rings. The van der Waals surface area contributed by atoms with Crippen LogP contribution >= 0.6 is 11.8 Å². The summed E-state index contributed by atoms with van der Waals surface area (Å²) < 4.78 is 0. The summed E-state index contributed by atoms with van der Waals surface area (Å²) >= 11 is 2.15. The van der Waals surface area contributed by atoms with Crippen LogP contribution in [0.2, 0.25) is 0 Å². The van der Waals surface area contributed by atoms with Crippen molar-refractivity contribution in [2.75, 3.05) is 18.1 Å². The van der Waals surface area contributed by atoms with E-state index in [-0.39, 0.29) is 0 Å². The molecule has 0 aromatic carbocycles. The van der Waals surface area contributed by atoms with Crippen molar-refractivity contribution in [2.45, 2.75) is 65.8 Å². The molecule has 0 aliphatic heterocycles. The Morgan fingerprint density at radius 1 is 1.11 bits per heavy atom. The summed E-state index contributed by atoms with van der Waals surface area (Å²) in [6.45, 7) is 10.5. The Morgan fingerprint density at radius 2 is 1.78 bits per heavy atom. The van der Waals surface area contributed by atoms with Crippen LogP contribution in [0.25, 0.3) is 0 Å². The van der Waals surface area contributed by atoms with Gasteiger partial charge in [0.25, 0.3) is 0 Å². The van der Waals surface area contributed by atoms with E-state index in [2.05, 4.69) is 44.8 Å². The minimum atomic E-state index is 0.765. The Hall–Kier alpha value is 0.310. The first-order valence-electron chi connectivity index (χ1n) is 7.94. The molecule has 0 aromatic heterocycles. The van der Waals surface area contributed by atoms with E-state index in [1.165, 1.54) is 50.2 Å². The number of thioether (sulfide) groups is 1. The van der Waals surface area contributed by atoms with Crippen molar-refractivity contribution in [3.05, 3.63) is 0 Å². The number of nitrogens with one attached hydrogen (secondary N) is 1. The highest BCUT2D eigenvalue weighted by Gasteiger charge is 2.25. The summed E-state index contributed by atoms with van der Waals surface area (Å²) in [5.74, 6) is 5.36. The molecule has 2 heteroatoms. The fourth-order valence-corrected chi connectivity index (χ4v) is 4.06. The lowest BCUT2D eigenvalue weighted by atomic mass is 9.79. The van der Waals surface area contributed by atoms with Crippen LogP contribution in [0, 0.1) is 17.8 Å². The summed E-state index contributed by atoms with van der Waals surface area (Å²) in [6, 6.07) is 0.765. The standard InChI is InChI=1S/C16H33NS/c1-5-10-17-16(12-18-11-13(2)3)15-8-6-14(4)7-9-15/h13-17H,5-12H2,1-4H3. The Bertz CT molecular complexity index is 197. The van der Waals surface area contributed by atoms with E-state index < -0.39 is 0 Å². The minimum absolute atomic E-state index is 0.765. The summed E-state index contributed by atoms with van der Waals surface area (Å²) in [5, 5.41) is 3.81. The molecule has 1 nitrogen and oxygen atoms in total. The molecule has 1 unspecified atom stereocenters. The Balaban J connectivity index is 2.34. The van der Waals surface area contributed by atoms with Crippen molar-refractivity contribution in [3.63, 3.8) is 0 Å². The van der Waals surface area contributed by atoms with Gasteiger partial charge in [0.15, 0.2) is 0 Å². The van der Waals surface area contributed by atoms with Gasteiger partial charge in [-0.25, -0.2) is 0 Å². The highest BCUT2D eigenvalue weighted by atomic mass is 32.2. The quantitative estimate of drug-likeness (QED) is 0.694. The van der Waals surface area contributed by atoms with Crippen LogP contribution in [-0.2, 0) is 0 Å². The van der Waals surface area contributed by atoms with Crippen LogP contribution in [0.1, 0.15) is 59.8 Å². The maximum atomic E-state index is 3.81. The maximum absolute atomic E-state index is 3.81. The van der Waals surface area contributed by atoms with Crippen molar-refractivity contribution in [1.29, 1.82) is 0 Å². The molecule has 1 saturated carbocycles. The number of hydrogen-bond donors (Lipinski definition) is 1. The Kier molecular flexibility index (Phi) is 8.41. The zero-order valence-electron chi connectivity index (χ0n) is 12.9. The van der Waals surface area contributed by atoms with Crippen molar-refractivity contribution in [1.82, 2.24) is 5.32 Å². The monoisotopic (exact) mass is 271 g/mol. The van der Waals surface area contributed by atoms with Gasteiger partial charge >= 0.3 is 0 Å². The summed E-state index contributed by atoms with van der Waals surface area (Å²) in [5.41, 5.74) is 0. The van der Waals surface area contributed by atoms with Gasteiger partial charge in [-0.1, -0.05) is 40.5 Å². The predicted molar refractivity (Wildman–Crippen MR) is 85.4 cm³/mol. The van der Waals surface area contributed by atoms with Gasteiger partial charge < -0.3 is 5.32 Å². The van der Waals surface area contributed by atoms with Gasteiger partial charge in [-0.05, 0) is 49.3 Å². The van der Waals surface area contributed by atoms with Gasteiger partial charge in [-0.2, -0.15) is 11.8 Å². The fourth-order valence-electron chi connectivity index (χ4n) is 2.81. The first-order chi connectivity index (χ1) is 8.63. The minimum Gasteiger partial charge on any atom is -0.313 e. The molecule has 1 aliphatic carbocycles. The van der Waals surface area contributed by atoms with E-state index in [1.807, 2.05) is 0 Å². The van der Waals surface area contributed by atoms with E-state index in [9.17, 15) is 0 Å². The summed E-state index contributed by atoms with van der Waals surface area (Å²) in [4.78, 5) is 0. The molecule has 0 aromatic rings. The summed E-state index contributed by atoms with van der Waals surface area (Å²) in [7, 11) is 0. The Morgan fingerprint density at radius 3 is 2.33 bits per heavy atom. The van der Waals surface area contributed by atoms with Crippen LogP contribution in [0.5, 0.6) is 0 Å². The Labute approximate surface area is 119 Å². The third-order valence-electron chi connectivity index (χ3n) is 4.03. The van der Waals surface area contributed by atoms with Gasteiger partial charge in [0.1, 0.15) is 0 Å². The topological polar surface area (TPSA) is 12.0 Å². The molecule has 108 valence electrons. The smallest absolute Gasteiger partial charge is 0.0186 e. The largest absolute Gasteiger partial charge is 0.313 e. The van der Waals surface area contributed by atoms with E-state index in [0.29, 0.717) is 0 Å². The fraction of sp³-hybridized carbons (Fsp3) is 1.00. The molecule has 0 amide bonds. The van der Waals surface area contributed by atoms with Crippen molar-refractivity contribution < 1.29 is 0 Å². The average molecular weight is 272 g/mol. The second-order valence-corrected chi connectivity index (χ2v) is 7.59. The van der Waals surface area contributed by atoms with Crippen LogP contribution in [0.4, 0.5) is 0 Å². The predicted octanol–water partition coefficient (Wildman–Crippen LogP) is 4.57. The normalized spacial score (nSPS) is 26.5. The second-order valence-electron chi connectivity index (χ2n) is 6.51. The SMILES string of the molecule is CCCNC(CSCC(C)C)C1CCC(C)CC1. The first-order valence-corrected chi connectivity index (χ1v) is 9.10. The van der Waals surface area contributed by atoms with Gasteiger partial charge in [-0.15, -0.1) is 0 Å². The molecule has 0 bridgehead atoms. The molecule has 1 atom stereocenters. The zero-order valence-corrected chi connectivity index (χ0v) is 13.7. The highest BCUT2D eigenvalue weighted by molar-refractivity contribution is 7.99. The highest BCUT2D eigenvalue weighted by Crippen LogP contribution is 2.31. The molecule has 0 heterocycles. The van der Waals surface area contributed by atoms with Gasteiger partial charge in [0.05, 0.1) is 0 Å². The lowest BCUT2D eigenvalue weighted by Gasteiger charge is -2.33. The van der Waals surface area contributed by atoms with E-state index in [4.69, 9.17) is 0 Å². The zero-order chi connectivity index (χ0) is 13.4. The van der Waals surface area contributed by atoms with E-state index >= 15 is 0 Å². The molecular weight excluding hydrogens is 238 g/mol. The molecule has 0 spiro atoms. The van der Waals surface area contributed by atoms with Crippen LogP contribution in [0.15, 0.2) is 0 Å². The second kappa shape index (κ2) is 9.25. The molecule has 1 N–H and O–H groups in total. The molecular formula is C16H33NS. The van der Waals surface area contributed by atoms with Crippen molar-refractivity contribution in [3.8, 4) is 0 Å². The van der Waals surface area contributed by atoms with Gasteiger partial charge in [0, 0.05) is 11.8 Å². The first kappa shape index (κ1) is 16.4. The van der Waals surface area contributed by atoms with E-state index in [1.54, 1.807) is 0 Å². The lowest BCUT2D eigenvalue weighted by molar-refractivity contribution is 0.242. The van der Waals surface area contributed by atoms with Crippen molar-refractivity contribution in [2.24, 2.45) is 17.8 Å². The average Bonchev–Trinajstić information content (AvgIpc) is 2.34. The van der Waals surface area contributed by atoms with Crippen LogP contribution in [0.3, 0.4) is 0 Å². The van der Waals surface area contributed by atoms with Gasteiger partial charge in [0.2, 0.25) is 0 Å². The third-order valence-corrected chi connectivity index (χ3v) is 5.53. The third kappa shape index (κ3) is 6.47. The molecule has 0 radical (unpaired) electrons. The van der Waals surface area contributed by atoms with Gasteiger partial charge in [-0.3, -0.25) is 0 Å². The number of hydrogen-bond acceptors (Lipinski definition) is 2. The number of rotatable bonds is 8. The van der Waals surface area contributed by atoms with E-state index in [0.717, 1.165) is 23.8 Å². The molecule has 18 heavy (non-hydrogen) atoms. The molecule has 1 fully saturated rings. The molecule has 1 rings (SSSR count). The summed E-state index contributed by atoms with van der Waals surface area (Å²) in [6.07, 6.45) is 7.05.